The fourth-order valence-electron chi connectivity index (χ4n) is 2.47. The maximum Gasteiger partial charge on any atom is 0.0579 e. The Bertz CT molecular complexity index is 604. The first-order valence-corrected chi connectivity index (χ1v) is 7.88. The molecular weight excluding hydrogens is 310 g/mol. The van der Waals surface area contributed by atoms with E-state index in [1.807, 2.05) is 0 Å². The minimum Gasteiger partial charge on any atom is -0.307 e. The van der Waals surface area contributed by atoms with Gasteiger partial charge in [0.15, 0.2) is 0 Å². The Morgan fingerprint density at radius 2 is 1.70 bits per heavy atom. The molecule has 0 aliphatic carbocycles. The van der Waals surface area contributed by atoms with E-state index in [0.717, 1.165) is 6.54 Å². The molecule has 2 aromatic rings. The average Bonchev–Trinajstić information content (AvgIpc) is 2.42. The predicted molar refractivity (Wildman–Crippen MR) is 90.3 cm³/mol. The number of benzene rings is 2. The zero-order valence-corrected chi connectivity index (χ0v) is 14.2. The number of rotatable bonds is 4. The zero-order chi connectivity index (χ0) is 14.7. The molecule has 106 valence electrons. The summed E-state index contributed by atoms with van der Waals surface area (Å²) >= 11 is 3.64. The lowest BCUT2D eigenvalue weighted by Gasteiger charge is -2.22. The molecule has 0 saturated carbocycles. The normalized spacial score (nSPS) is 12.4. The molecule has 0 amide bonds. The summed E-state index contributed by atoms with van der Waals surface area (Å²) in [5.74, 6) is 0. The van der Waals surface area contributed by atoms with Crippen LogP contribution in [0.25, 0.3) is 0 Å². The van der Waals surface area contributed by atoms with Gasteiger partial charge in [0, 0.05) is 4.47 Å². The van der Waals surface area contributed by atoms with Crippen molar-refractivity contribution in [3.05, 3.63) is 68.7 Å². The molecule has 0 aliphatic rings. The van der Waals surface area contributed by atoms with Crippen molar-refractivity contribution in [1.82, 2.24) is 5.32 Å². The van der Waals surface area contributed by atoms with Crippen molar-refractivity contribution in [2.45, 2.75) is 33.7 Å². The van der Waals surface area contributed by atoms with Crippen LogP contribution in [0.15, 0.2) is 40.9 Å². The van der Waals surface area contributed by atoms with Gasteiger partial charge in [-0.2, -0.15) is 0 Å². The lowest BCUT2D eigenvalue weighted by atomic mass is 9.93. The number of nitrogens with one attached hydrogen (secondary N) is 1. The van der Waals surface area contributed by atoms with Crippen molar-refractivity contribution in [1.29, 1.82) is 0 Å². The molecule has 1 nitrogen and oxygen atoms in total. The number of halogens is 1. The second kappa shape index (κ2) is 6.55. The Hall–Kier alpha value is -1.12. The van der Waals surface area contributed by atoms with E-state index in [0.29, 0.717) is 0 Å². The topological polar surface area (TPSA) is 12.0 Å². The predicted octanol–water partition coefficient (Wildman–Crippen LogP) is 5.07. The first kappa shape index (κ1) is 15.3. The van der Waals surface area contributed by atoms with Crippen LogP contribution in [0.1, 0.15) is 40.8 Å². The summed E-state index contributed by atoms with van der Waals surface area (Å²) < 4.78 is 1.17. The molecule has 0 aliphatic heterocycles. The summed E-state index contributed by atoms with van der Waals surface area (Å²) in [5, 5.41) is 3.61. The molecule has 2 aromatic carbocycles. The van der Waals surface area contributed by atoms with Crippen LogP contribution in [0.2, 0.25) is 0 Å². The van der Waals surface area contributed by atoms with Crippen LogP contribution in [-0.4, -0.2) is 6.54 Å². The highest BCUT2D eigenvalue weighted by molar-refractivity contribution is 9.10. The van der Waals surface area contributed by atoms with Crippen molar-refractivity contribution in [2.75, 3.05) is 6.54 Å². The highest BCUT2D eigenvalue weighted by Gasteiger charge is 2.16. The van der Waals surface area contributed by atoms with Gasteiger partial charge in [0.25, 0.3) is 0 Å². The van der Waals surface area contributed by atoms with Gasteiger partial charge in [-0.15, -0.1) is 0 Å². The first-order chi connectivity index (χ1) is 9.52. The molecule has 0 aromatic heterocycles. The standard InChI is InChI=1S/C18H22BrN/c1-5-20-18(15-9-8-14(4)17(19)11-15)16-10-12(2)6-7-13(16)3/h6-11,18,20H,5H2,1-4H3. The van der Waals surface area contributed by atoms with Gasteiger partial charge in [0.2, 0.25) is 0 Å². The van der Waals surface area contributed by atoms with Crippen LogP contribution in [0, 0.1) is 20.8 Å². The third kappa shape index (κ3) is 3.31. The van der Waals surface area contributed by atoms with Gasteiger partial charge >= 0.3 is 0 Å². The summed E-state index contributed by atoms with van der Waals surface area (Å²) in [7, 11) is 0. The van der Waals surface area contributed by atoms with Gasteiger partial charge in [-0.25, -0.2) is 0 Å². The van der Waals surface area contributed by atoms with Crippen molar-refractivity contribution in [3.8, 4) is 0 Å². The molecule has 0 bridgehead atoms. The minimum atomic E-state index is 0.247. The average molecular weight is 332 g/mol. The van der Waals surface area contributed by atoms with Crippen molar-refractivity contribution in [3.63, 3.8) is 0 Å². The lowest BCUT2D eigenvalue weighted by molar-refractivity contribution is 0.627. The fourth-order valence-corrected chi connectivity index (χ4v) is 2.87. The Balaban J connectivity index is 2.49. The van der Waals surface area contributed by atoms with Gasteiger partial charge in [-0.1, -0.05) is 58.7 Å². The number of hydrogen-bond donors (Lipinski definition) is 1. The molecule has 0 spiro atoms. The van der Waals surface area contributed by atoms with Gasteiger partial charge in [0.05, 0.1) is 6.04 Å². The fraction of sp³-hybridized carbons (Fsp3) is 0.333. The quantitative estimate of drug-likeness (QED) is 0.824. The molecule has 2 rings (SSSR count). The van der Waals surface area contributed by atoms with Crippen molar-refractivity contribution >= 4 is 15.9 Å². The van der Waals surface area contributed by atoms with E-state index < -0.39 is 0 Å². The molecule has 1 unspecified atom stereocenters. The van der Waals surface area contributed by atoms with Crippen LogP contribution >= 0.6 is 15.9 Å². The third-order valence-corrected chi connectivity index (χ3v) is 4.54. The van der Waals surface area contributed by atoms with Gasteiger partial charge in [-0.3, -0.25) is 0 Å². The van der Waals surface area contributed by atoms with E-state index in [2.05, 4.69) is 85.3 Å². The first-order valence-electron chi connectivity index (χ1n) is 7.09. The summed E-state index contributed by atoms with van der Waals surface area (Å²) in [6.07, 6.45) is 0. The molecule has 0 saturated heterocycles. The van der Waals surface area contributed by atoms with Gasteiger partial charge in [0.1, 0.15) is 0 Å². The molecule has 2 heteroatoms. The highest BCUT2D eigenvalue weighted by atomic mass is 79.9. The molecule has 0 heterocycles. The lowest BCUT2D eigenvalue weighted by Crippen LogP contribution is -2.23. The summed E-state index contributed by atoms with van der Waals surface area (Å²) in [6, 6.07) is 13.5. The SMILES string of the molecule is CCNC(c1ccc(C)c(Br)c1)c1cc(C)ccc1C. The summed E-state index contributed by atoms with van der Waals surface area (Å²) in [6.45, 7) is 9.55. The Kier molecular flexibility index (Phi) is 5.00. The monoisotopic (exact) mass is 331 g/mol. The van der Waals surface area contributed by atoms with E-state index in [9.17, 15) is 0 Å². The molecule has 1 N–H and O–H groups in total. The maximum atomic E-state index is 3.64. The Morgan fingerprint density at radius 1 is 1.00 bits per heavy atom. The second-order valence-corrected chi connectivity index (χ2v) is 6.21. The molecule has 0 fully saturated rings. The van der Waals surface area contributed by atoms with E-state index in [1.54, 1.807) is 0 Å². The summed E-state index contributed by atoms with van der Waals surface area (Å²) in [4.78, 5) is 0. The van der Waals surface area contributed by atoms with Gasteiger partial charge < -0.3 is 5.32 Å². The van der Waals surface area contributed by atoms with Crippen LogP contribution in [0.3, 0.4) is 0 Å². The van der Waals surface area contributed by atoms with Crippen molar-refractivity contribution in [2.24, 2.45) is 0 Å². The second-order valence-electron chi connectivity index (χ2n) is 5.36. The van der Waals surface area contributed by atoms with E-state index in [1.165, 1.54) is 32.3 Å². The smallest absolute Gasteiger partial charge is 0.0579 e. The largest absolute Gasteiger partial charge is 0.307 e. The van der Waals surface area contributed by atoms with Crippen LogP contribution < -0.4 is 5.32 Å². The van der Waals surface area contributed by atoms with E-state index in [-0.39, 0.29) is 6.04 Å². The molecular formula is C18H22BrN. The van der Waals surface area contributed by atoms with Gasteiger partial charge in [-0.05, 0) is 55.6 Å². The van der Waals surface area contributed by atoms with Crippen LogP contribution in [-0.2, 0) is 0 Å². The van der Waals surface area contributed by atoms with Crippen LogP contribution in [0.4, 0.5) is 0 Å². The summed E-state index contributed by atoms with van der Waals surface area (Å²) in [5.41, 5.74) is 6.57. The zero-order valence-electron chi connectivity index (χ0n) is 12.6. The third-order valence-electron chi connectivity index (χ3n) is 3.68. The Morgan fingerprint density at radius 3 is 2.35 bits per heavy atom. The minimum absolute atomic E-state index is 0.247. The van der Waals surface area contributed by atoms with Crippen LogP contribution in [0.5, 0.6) is 0 Å². The Labute approximate surface area is 130 Å². The van der Waals surface area contributed by atoms with E-state index >= 15 is 0 Å². The molecule has 0 radical (unpaired) electrons. The maximum absolute atomic E-state index is 3.64. The molecule has 1 atom stereocenters. The number of hydrogen-bond acceptors (Lipinski definition) is 1. The highest BCUT2D eigenvalue weighted by Crippen LogP contribution is 2.29. The molecule has 20 heavy (non-hydrogen) atoms. The van der Waals surface area contributed by atoms with E-state index in [4.69, 9.17) is 0 Å². The number of aryl methyl sites for hydroxylation is 3. The van der Waals surface area contributed by atoms with Crippen molar-refractivity contribution < 1.29 is 0 Å².